The normalized spacial score (nSPS) is 20.5. The minimum Gasteiger partial charge on any atom is -0.294 e. The largest absolute Gasteiger partial charge is 0.294 e. The summed E-state index contributed by atoms with van der Waals surface area (Å²) >= 11 is 3.26. The van der Waals surface area contributed by atoms with Crippen LogP contribution in [0.4, 0.5) is 4.39 Å². The zero-order chi connectivity index (χ0) is 9.59. The summed E-state index contributed by atoms with van der Waals surface area (Å²) in [4.78, 5) is 11.5. The third-order valence-corrected chi connectivity index (χ3v) is 3.09. The third-order valence-electron chi connectivity index (χ3n) is 2.38. The van der Waals surface area contributed by atoms with E-state index >= 15 is 0 Å². The first-order chi connectivity index (χ1) is 6.09. The molecule has 0 bridgehead atoms. The Labute approximate surface area is 84.1 Å². The zero-order valence-corrected chi connectivity index (χ0v) is 8.69. The van der Waals surface area contributed by atoms with Gasteiger partial charge in [0.25, 0.3) is 0 Å². The van der Waals surface area contributed by atoms with Crippen LogP contribution in [0.5, 0.6) is 0 Å². The molecule has 0 radical (unpaired) electrons. The zero-order valence-electron chi connectivity index (χ0n) is 7.10. The highest BCUT2D eigenvalue weighted by molar-refractivity contribution is 9.10. The third kappa shape index (κ3) is 1.31. The van der Waals surface area contributed by atoms with Crippen molar-refractivity contribution in [1.29, 1.82) is 0 Å². The lowest BCUT2D eigenvalue weighted by Crippen LogP contribution is -2.02. The molecule has 0 fully saturated rings. The van der Waals surface area contributed by atoms with Gasteiger partial charge in [-0.1, -0.05) is 22.9 Å². The Morgan fingerprint density at radius 2 is 2.23 bits per heavy atom. The Kier molecular flexibility index (Phi) is 1.99. The van der Waals surface area contributed by atoms with E-state index in [0.29, 0.717) is 10.0 Å². The van der Waals surface area contributed by atoms with Crippen molar-refractivity contribution in [3.8, 4) is 0 Å². The Morgan fingerprint density at radius 3 is 2.92 bits per heavy atom. The predicted molar refractivity (Wildman–Crippen MR) is 51.3 cm³/mol. The fourth-order valence-corrected chi connectivity index (χ4v) is 2.29. The number of halogens is 2. The second kappa shape index (κ2) is 2.91. The number of carbonyl (C=O) groups excluding carboxylic acids is 1. The highest BCUT2D eigenvalue weighted by atomic mass is 79.9. The number of hydrogen-bond acceptors (Lipinski definition) is 1. The highest BCUT2D eigenvalue weighted by Gasteiger charge is 2.28. The van der Waals surface area contributed by atoms with E-state index in [-0.39, 0.29) is 17.5 Å². The maximum atomic E-state index is 12.9. The second-order valence-corrected chi connectivity index (χ2v) is 4.24. The molecule has 3 heteroatoms. The van der Waals surface area contributed by atoms with Crippen molar-refractivity contribution in [3.05, 3.63) is 33.5 Å². The molecule has 0 saturated carbocycles. The molecule has 68 valence electrons. The van der Waals surface area contributed by atoms with Gasteiger partial charge in [-0.2, -0.15) is 0 Å². The van der Waals surface area contributed by atoms with Crippen molar-refractivity contribution in [2.75, 3.05) is 0 Å². The van der Waals surface area contributed by atoms with Gasteiger partial charge in [-0.25, -0.2) is 4.39 Å². The van der Waals surface area contributed by atoms with Gasteiger partial charge in [0, 0.05) is 16.0 Å². The van der Waals surface area contributed by atoms with Crippen molar-refractivity contribution in [3.63, 3.8) is 0 Å². The van der Waals surface area contributed by atoms with E-state index in [1.54, 1.807) is 0 Å². The van der Waals surface area contributed by atoms with Crippen molar-refractivity contribution in [2.24, 2.45) is 5.92 Å². The molecule has 0 amide bonds. The second-order valence-electron chi connectivity index (χ2n) is 3.38. The molecule has 0 aromatic heterocycles. The highest BCUT2D eigenvalue weighted by Crippen LogP contribution is 2.32. The first-order valence-electron chi connectivity index (χ1n) is 4.11. The van der Waals surface area contributed by atoms with Gasteiger partial charge in [0.1, 0.15) is 5.82 Å². The number of hydrogen-bond donors (Lipinski definition) is 0. The number of benzene rings is 1. The number of carbonyl (C=O) groups is 1. The van der Waals surface area contributed by atoms with Crippen LogP contribution in [-0.4, -0.2) is 5.78 Å². The lowest BCUT2D eigenvalue weighted by atomic mass is 10.1. The van der Waals surface area contributed by atoms with Crippen molar-refractivity contribution >= 4 is 21.7 Å². The lowest BCUT2D eigenvalue weighted by Gasteiger charge is -2.00. The van der Waals surface area contributed by atoms with Crippen LogP contribution in [0.3, 0.4) is 0 Å². The van der Waals surface area contributed by atoms with Crippen LogP contribution in [0.1, 0.15) is 22.8 Å². The lowest BCUT2D eigenvalue weighted by molar-refractivity contribution is 0.0946. The molecule has 2 rings (SSSR count). The Hall–Kier alpha value is -0.700. The summed E-state index contributed by atoms with van der Waals surface area (Å²) < 4.78 is 13.6. The Balaban J connectivity index is 2.64. The summed E-state index contributed by atoms with van der Waals surface area (Å²) in [6.07, 6.45) is 0.717. The van der Waals surface area contributed by atoms with E-state index in [4.69, 9.17) is 0 Å². The Morgan fingerprint density at radius 1 is 1.54 bits per heavy atom. The molecule has 0 aliphatic heterocycles. The van der Waals surface area contributed by atoms with Gasteiger partial charge >= 0.3 is 0 Å². The van der Waals surface area contributed by atoms with Gasteiger partial charge in [-0.15, -0.1) is 0 Å². The fraction of sp³-hybridized carbons (Fsp3) is 0.300. The summed E-state index contributed by atoms with van der Waals surface area (Å²) in [6, 6.07) is 2.73. The smallest absolute Gasteiger partial charge is 0.166 e. The predicted octanol–water partition coefficient (Wildman–Crippen LogP) is 2.96. The topological polar surface area (TPSA) is 17.1 Å². The van der Waals surface area contributed by atoms with E-state index in [1.807, 2.05) is 6.92 Å². The quantitative estimate of drug-likeness (QED) is 0.684. The molecule has 0 heterocycles. The SMILES string of the molecule is C[C@H]1Cc2c(Br)cc(F)cc2C1=O. The van der Waals surface area contributed by atoms with Crippen molar-refractivity contribution < 1.29 is 9.18 Å². The summed E-state index contributed by atoms with van der Waals surface area (Å²) in [7, 11) is 0. The van der Waals surface area contributed by atoms with Gasteiger partial charge in [0.15, 0.2) is 5.78 Å². The first-order valence-corrected chi connectivity index (χ1v) is 4.91. The van der Waals surface area contributed by atoms with Crippen LogP contribution in [0.2, 0.25) is 0 Å². The molecule has 1 aromatic rings. The summed E-state index contributed by atoms with van der Waals surface area (Å²) in [6.45, 7) is 1.87. The average molecular weight is 243 g/mol. The minimum absolute atomic E-state index is 0.00639. The standard InChI is InChI=1S/C10H8BrFO/c1-5-2-7-8(10(5)13)3-6(12)4-9(7)11/h3-5H,2H2,1H3/t5-/m0/s1. The molecule has 1 aliphatic rings. The molecule has 0 saturated heterocycles. The average Bonchev–Trinajstić information content (AvgIpc) is 2.32. The summed E-state index contributed by atoms with van der Waals surface area (Å²) in [5, 5.41) is 0. The van der Waals surface area contributed by atoms with Crippen LogP contribution >= 0.6 is 15.9 Å². The van der Waals surface area contributed by atoms with Crippen molar-refractivity contribution in [2.45, 2.75) is 13.3 Å². The van der Waals surface area contributed by atoms with Gasteiger partial charge in [0.05, 0.1) is 0 Å². The molecular weight excluding hydrogens is 235 g/mol. The molecule has 1 aromatic carbocycles. The molecule has 0 unspecified atom stereocenters. The van der Waals surface area contributed by atoms with Gasteiger partial charge in [-0.05, 0) is 24.1 Å². The maximum Gasteiger partial charge on any atom is 0.166 e. The van der Waals surface area contributed by atoms with E-state index in [0.717, 1.165) is 12.0 Å². The number of Topliss-reactive ketones (excluding diaryl/α,β-unsaturated/α-hetero) is 1. The summed E-state index contributed by atoms with van der Waals surface area (Å²) in [5.74, 6) is -0.309. The van der Waals surface area contributed by atoms with Gasteiger partial charge < -0.3 is 0 Å². The Bertz CT molecular complexity index is 387. The molecule has 1 nitrogen and oxygen atoms in total. The van der Waals surface area contributed by atoms with E-state index in [1.165, 1.54) is 12.1 Å². The molecular formula is C10H8BrFO. The monoisotopic (exact) mass is 242 g/mol. The molecule has 1 aliphatic carbocycles. The van der Waals surface area contributed by atoms with E-state index in [2.05, 4.69) is 15.9 Å². The van der Waals surface area contributed by atoms with Crippen LogP contribution < -0.4 is 0 Å². The minimum atomic E-state index is -0.354. The number of ketones is 1. The van der Waals surface area contributed by atoms with Crippen molar-refractivity contribution in [1.82, 2.24) is 0 Å². The molecule has 0 N–H and O–H groups in total. The first kappa shape index (κ1) is 8.88. The van der Waals surface area contributed by atoms with Gasteiger partial charge in [-0.3, -0.25) is 4.79 Å². The van der Waals surface area contributed by atoms with Crippen LogP contribution in [0.25, 0.3) is 0 Å². The number of fused-ring (bicyclic) bond motifs is 1. The number of rotatable bonds is 0. The van der Waals surface area contributed by atoms with Gasteiger partial charge in [0.2, 0.25) is 0 Å². The van der Waals surface area contributed by atoms with Crippen LogP contribution in [0, 0.1) is 11.7 Å². The van der Waals surface area contributed by atoms with E-state index < -0.39 is 0 Å². The van der Waals surface area contributed by atoms with E-state index in [9.17, 15) is 9.18 Å². The molecule has 0 spiro atoms. The van der Waals surface area contributed by atoms with Crippen LogP contribution in [-0.2, 0) is 6.42 Å². The van der Waals surface area contributed by atoms with Crippen LogP contribution in [0.15, 0.2) is 16.6 Å². The molecule has 1 atom stereocenters. The fourth-order valence-electron chi connectivity index (χ4n) is 1.70. The summed E-state index contributed by atoms with van der Waals surface area (Å²) in [5.41, 5.74) is 1.48. The molecule has 13 heavy (non-hydrogen) atoms. The maximum absolute atomic E-state index is 12.9.